The summed E-state index contributed by atoms with van der Waals surface area (Å²) in [5.41, 5.74) is 9.71. The number of carbonyl (C=O) groups is 2. The fraction of sp³-hybridized carbons (Fsp3) is 0.200. The fourth-order valence-corrected chi connectivity index (χ4v) is 2.92. The highest BCUT2D eigenvalue weighted by Crippen LogP contribution is 2.44. The van der Waals surface area contributed by atoms with E-state index in [1.165, 1.54) is 11.1 Å². The van der Waals surface area contributed by atoms with Crippen molar-refractivity contribution in [3.05, 3.63) is 59.7 Å². The highest BCUT2D eigenvalue weighted by molar-refractivity contribution is 5.88. The Morgan fingerprint density at radius 3 is 2.16 bits per heavy atom. The number of esters is 2. The molecule has 0 spiro atoms. The molecule has 1 aliphatic carbocycles. The van der Waals surface area contributed by atoms with Crippen LogP contribution in [-0.4, -0.2) is 31.7 Å². The van der Waals surface area contributed by atoms with Crippen LogP contribution in [0.25, 0.3) is 11.1 Å². The third-order valence-electron chi connectivity index (χ3n) is 4.01. The number of rotatable bonds is 4. The summed E-state index contributed by atoms with van der Waals surface area (Å²) in [5, 5.41) is 0. The Labute approximate surface area is 145 Å². The summed E-state index contributed by atoms with van der Waals surface area (Å²) in [5.74, 6) is 3.52. The maximum absolute atomic E-state index is 11.8. The van der Waals surface area contributed by atoms with Gasteiger partial charge in [0.1, 0.15) is 6.61 Å². The lowest BCUT2D eigenvalue weighted by molar-refractivity contribution is -0.140. The topological polar surface area (TPSA) is 78.6 Å². The summed E-state index contributed by atoms with van der Waals surface area (Å²) in [6, 6.07) is 16.2. The minimum Gasteiger partial charge on any atom is -0.455 e. The molecule has 0 amide bonds. The largest absolute Gasteiger partial charge is 0.455 e. The van der Waals surface area contributed by atoms with Gasteiger partial charge >= 0.3 is 11.9 Å². The normalized spacial score (nSPS) is 11.7. The summed E-state index contributed by atoms with van der Waals surface area (Å²) in [6.45, 7) is -0.184. The molecule has 0 bridgehead atoms. The molecule has 2 aromatic carbocycles. The maximum Gasteiger partial charge on any atom is 0.384 e. The molecule has 0 saturated heterocycles. The molecular formula is C20H17NO4. The Morgan fingerprint density at radius 2 is 1.56 bits per heavy atom. The molecule has 5 heteroatoms. The molecule has 126 valence electrons. The van der Waals surface area contributed by atoms with Crippen molar-refractivity contribution in [2.75, 3.05) is 19.8 Å². The van der Waals surface area contributed by atoms with Gasteiger partial charge in [-0.1, -0.05) is 48.5 Å². The van der Waals surface area contributed by atoms with Gasteiger partial charge in [0, 0.05) is 11.8 Å². The first-order chi connectivity index (χ1) is 12.2. The lowest BCUT2D eigenvalue weighted by atomic mass is 9.98. The first-order valence-electron chi connectivity index (χ1n) is 7.90. The summed E-state index contributed by atoms with van der Waals surface area (Å²) < 4.78 is 9.96. The van der Waals surface area contributed by atoms with E-state index in [0.29, 0.717) is 0 Å². The van der Waals surface area contributed by atoms with E-state index in [2.05, 4.69) is 28.7 Å². The highest BCUT2D eigenvalue weighted by Gasteiger charge is 2.28. The average molecular weight is 335 g/mol. The average Bonchev–Trinajstić information content (AvgIpc) is 2.97. The van der Waals surface area contributed by atoms with E-state index in [1.54, 1.807) is 0 Å². The first kappa shape index (κ1) is 16.7. The molecule has 2 N–H and O–H groups in total. The highest BCUT2D eigenvalue weighted by atomic mass is 16.5. The molecule has 0 aliphatic heterocycles. The van der Waals surface area contributed by atoms with Crippen LogP contribution in [0.1, 0.15) is 17.0 Å². The molecule has 3 rings (SSSR count). The monoisotopic (exact) mass is 335 g/mol. The Bertz CT molecular complexity index is 818. The van der Waals surface area contributed by atoms with Crippen molar-refractivity contribution in [3.63, 3.8) is 0 Å². The Kier molecular flexibility index (Phi) is 5.12. The number of hydrogen-bond donors (Lipinski definition) is 1. The van der Waals surface area contributed by atoms with Crippen molar-refractivity contribution >= 4 is 11.9 Å². The summed E-state index contributed by atoms with van der Waals surface area (Å²) >= 11 is 0. The van der Waals surface area contributed by atoms with Crippen LogP contribution >= 0.6 is 0 Å². The summed E-state index contributed by atoms with van der Waals surface area (Å²) in [4.78, 5) is 22.6. The van der Waals surface area contributed by atoms with Crippen LogP contribution < -0.4 is 5.73 Å². The van der Waals surface area contributed by atoms with Gasteiger partial charge in [-0.05, 0) is 28.2 Å². The number of fused-ring (bicyclic) bond motifs is 3. The third kappa shape index (κ3) is 3.70. The summed E-state index contributed by atoms with van der Waals surface area (Å²) in [6.07, 6.45) is 0. The van der Waals surface area contributed by atoms with E-state index in [1.807, 2.05) is 36.4 Å². The zero-order valence-corrected chi connectivity index (χ0v) is 13.5. The molecule has 0 fully saturated rings. The first-order valence-corrected chi connectivity index (χ1v) is 7.90. The second-order valence-corrected chi connectivity index (χ2v) is 5.49. The maximum atomic E-state index is 11.8. The van der Waals surface area contributed by atoms with Crippen molar-refractivity contribution in [2.45, 2.75) is 5.92 Å². The Hall–Kier alpha value is -3.10. The minimum atomic E-state index is -0.648. The molecule has 5 nitrogen and oxygen atoms in total. The molecular weight excluding hydrogens is 318 g/mol. The number of hydrogen-bond acceptors (Lipinski definition) is 5. The second kappa shape index (κ2) is 7.65. The number of carbonyl (C=O) groups excluding carboxylic acids is 2. The van der Waals surface area contributed by atoms with Gasteiger partial charge in [-0.3, -0.25) is 4.79 Å². The van der Waals surface area contributed by atoms with Crippen molar-refractivity contribution in [3.8, 4) is 23.0 Å². The predicted octanol–water partition coefficient (Wildman–Crippen LogP) is 1.85. The zero-order chi connectivity index (χ0) is 17.6. The number of nitrogens with two attached hydrogens (primary N) is 1. The number of benzene rings is 2. The van der Waals surface area contributed by atoms with E-state index >= 15 is 0 Å². The van der Waals surface area contributed by atoms with Crippen molar-refractivity contribution in [2.24, 2.45) is 5.73 Å². The van der Waals surface area contributed by atoms with Crippen LogP contribution in [0.2, 0.25) is 0 Å². The van der Waals surface area contributed by atoms with E-state index in [-0.39, 0.29) is 25.7 Å². The van der Waals surface area contributed by atoms with Crippen LogP contribution in [0.3, 0.4) is 0 Å². The number of ether oxygens (including phenoxy) is 2. The molecule has 25 heavy (non-hydrogen) atoms. The quantitative estimate of drug-likeness (QED) is 0.524. The van der Waals surface area contributed by atoms with Gasteiger partial charge in [-0.15, -0.1) is 0 Å². The predicted molar refractivity (Wildman–Crippen MR) is 92.5 cm³/mol. The Balaban J connectivity index is 1.65. The zero-order valence-electron chi connectivity index (χ0n) is 13.5. The van der Waals surface area contributed by atoms with Gasteiger partial charge < -0.3 is 15.2 Å². The van der Waals surface area contributed by atoms with Gasteiger partial charge in [-0.2, -0.15) is 0 Å². The van der Waals surface area contributed by atoms with E-state index in [0.717, 1.165) is 11.1 Å². The van der Waals surface area contributed by atoms with Crippen molar-refractivity contribution in [1.29, 1.82) is 0 Å². The van der Waals surface area contributed by atoms with Crippen LogP contribution in [-0.2, 0) is 19.1 Å². The molecule has 0 saturated carbocycles. The van der Waals surface area contributed by atoms with Crippen LogP contribution in [0.5, 0.6) is 0 Å². The molecule has 0 unspecified atom stereocenters. The molecule has 0 heterocycles. The van der Waals surface area contributed by atoms with Gasteiger partial charge in [0.2, 0.25) is 0 Å². The lowest BCUT2D eigenvalue weighted by Crippen LogP contribution is -2.16. The fourth-order valence-electron chi connectivity index (χ4n) is 2.92. The van der Waals surface area contributed by atoms with E-state index in [4.69, 9.17) is 10.5 Å². The molecule has 0 atom stereocenters. The van der Waals surface area contributed by atoms with Gasteiger partial charge in [0.25, 0.3) is 0 Å². The van der Waals surface area contributed by atoms with Gasteiger partial charge in [-0.25, -0.2) is 4.79 Å². The third-order valence-corrected chi connectivity index (χ3v) is 4.01. The summed E-state index contributed by atoms with van der Waals surface area (Å²) in [7, 11) is 0. The minimum absolute atomic E-state index is 0.00628. The van der Waals surface area contributed by atoms with Crippen LogP contribution in [0.15, 0.2) is 48.5 Å². The van der Waals surface area contributed by atoms with Gasteiger partial charge in [0.05, 0.1) is 6.54 Å². The molecule has 0 aromatic heterocycles. The molecule has 0 radical (unpaired) electrons. The van der Waals surface area contributed by atoms with Crippen molar-refractivity contribution < 1.29 is 19.1 Å². The van der Waals surface area contributed by atoms with Crippen molar-refractivity contribution in [1.82, 2.24) is 0 Å². The SMILES string of the molecule is NCC(=O)OCC#CC(=O)OCC1c2ccccc2-c2ccccc21. The van der Waals surface area contributed by atoms with E-state index < -0.39 is 11.9 Å². The second-order valence-electron chi connectivity index (χ2n) is 5.49. The van der Waals surface area contributed by atoms with Crippen LogP contribution in [0.4, 0.5) is 0 Å². The van der Waals surface area contributed by atoms with Crippen LogP contribution in [0, 0.1) is 11.8 Å². The smallest absolute Gasteiger partial charge is 0.384 e. The molecule has 2 aromatic rings. The van der Waals surface area contributed by atoms with Gasteiger partial charge in [0.15, 0.2) is 6.61 Å². The Morgan fingerprint density at radius 1 is 0.960 bits per heavy atom. The molecule has 1 aliphatic rings. The standard InChI is InChI=1S/C20H17NO4/c21-12-20(23)24-11-5-10-19(22)25-13-18-16-8-3-1-6-14(16)15-7-2-4-9-17(15)18/h1-4,6-9,18H,11-13,21H2. The van der Waals surface area contributed by atoms with E-state index in [9.17, 15) is 9.59 Å². The lowest BCUT2D eigenvalue weighted by Gasteiger charge is -2.12.